The van der Waals surface area contributed by atoms with Gasteiger partial charge in [0.1, 0.15) is 66.0 Å². The lowest BCUT2D eigenvalue weighted by atomic mass is 9.92. The molecule has 11 atom stereocenters. The van der Waals surface area contributed by atoms with E-state index in [9.17, 15) is 50.8 Å². The van der Waals surface area contributed by atoms with Gasteiger partial charge in [0.05, 0.1) is 31.5 Å². The molecular formula is C38H43O17+. The van der Waals surface area contributed by atoms with Gasteiger partial charge in [-0.05, 0) is 42.0 Å². The second-order valence-electron chi connectivity index (χ2n) is 13.3. The van der Waals surface area contributed by atoms with E-state index in [1.165, 1.54) is 61.7 Å². The quantitative estimate of drug-likeness (QED) is 0.0737. The van der Waals surface area contributed by atoms with Gasteiger partial charge in [-0.2, -0.15) is 0 Å². The Balaban J connectivity index is 1.29. The summed E-state index contributed by atoms with van der Waals surface area (Å²) in [6.45, 7) is 0.390. The van der Waals surface area contributed by atoms with Gasteiger partial charge in [-0.25, -0.2) is 4.79 Å². The number of hydrogen-bond acceptors (Lipinski definition) is 16. The van der Waals surface area contributed by atoms with E-state index >= 15 is 0 Å². The lowest BCUT2D eigenvalue weighted by molar-refractivity contribution is -0.296. The SMILES string of the molecule is COc1cc(C2[OH+]c3cc(O)cc(OC4OC(CO)C(O)C(O)C4C)c3C=C2OC2OC(COC(=O)C=Cc3ccc(O)cc3)C(O)C(O)C2O)ccc1O. The summed E-state index contributed by atoms with van der Waals surface area (Å²) in [5.74, 6) is -1.75. The number of aliphatic hydroxyl groups is 7. The lowest BCUT2D eigenvalue weighted by Gasteiger charge is -2.41. The molecule has 55 heavy (non-hydrogen) atoms. The minimum atomic E-state index is -1.83. The number of aliphatic hydroxyl groups excluding tert-OH is 6. The van der Waals surface area contributed by atoms with E-state index in [0.29, 0.717) is 11.1 Å². The Hall–Kier alpha value is -5.11. The largest absolute Gasteiger partial charge is 0.571 e. The highest BCUT2D eigenvalue weighted by atomic mass is 16.7. The number of benzene rings is 3. The molecule has 3 aromatic carbocycles. The van der Waals surface area contributed by atoms with E-state index in [-0.39, 0.29) is 45.8 Å². The Morgan fingerprint density at radius 1 is 0.800 bits per heavy atom. The van der Waals surface area contributed by atoms with Crippen molar-refractivity contribution in [1.29, 1.82) is 0 Å². The van der Waals surface area contributed by atoms with Crippen LogP contribution >= 0.6 is 0 Å². The molecule has 0 bridgehead atoms. The minimum absolute atomic E-state index is 0.00979. The summed E-state index contributed by atoms with van der Waals surface area (Å²) in [6.07, 6.45) is -10.6. The predicted octanol–water partition coefficient (Wildman–Crippen LogP) is 0.684. The molecule has 0 amide bonds. The molecule has 3 aliphatic heterocycles. The summed E-state index contributed by atoms with van der Waals surface area (Å²) in [7, 11) is 1.35. The first kappa shape index (κ1) is 39.6. The Bertz CT molecular complexity index is 1880. The van der Waals surface area contributed by atoms with Crippen LogP contribution in [-0.2, 0) is 23.7 Å². The molecule has 10 N–H and O–H groups in total. The standard InChI is InChI=1S/C38H42O17/c1-17-31(44)32(45)28(15-39)54-37(17)52-25-13-21(41)12-24-22(25)14-27(36(51-24)19-6-9-23(42)26(11-19)49-2)53-38-35(48)34(47)33(46)29(55-38)16-50-30(43)10-5-18-3-7-20(40)8-4-18/h3-14,17,28-29,31-42,44-48H,15-16H2,1-2H3/p+1. The maximum atomic E-state index is 12.5. The van der Waals surface area contributed by atoms with Gasteiger partial charge in [-0.3, -0.25) is 0 Å². The van der Waals surface area contributed by atoms with E-state index in [4.69, 9.17) is 33.2 Å². The molecule has 2 fully saturated rings. The average Bonchev–Trinajstić information content (AvgIpc) is 3.17. The van der Waals surface area contributed by atoms with Crippen molar-refractivity contribution in [3.05, 3.63) is 83.1 Å². The smallest absolute Gasteiger partial charge is 0.330 e. The summed E-state index contributed by atoms with van der Waals surface area (Å²) >= 11 is 0. The first-order chi connectivity index (χ1) is 26.3. The van der Waals surface area contributed by atoms with Crippen LogP contribution < -0.4 is 9.47 Å². The van der Waals surface area contributed by atoms with E-state index < -0.39 is 86.5 Å². The van der Waals surface area contributed by atoms with Crippen molar-refractivity contribution >= 4 is 18.1 Å². The molecule has 0 radical (unpaired) electrons. The van der Waals surface area contributed by atoms with Crippen LogP contribution in [0.25, 0.3) is 12.2 Å². The maximum absolute atomic E-state index is 12.5. The second-order valence-corrected chi connectivity index (χ2v) is 13.3. The average molecular weight is 772 g/mol. The van der Waals surface area contributed by atoms with Gasteiger partial charge < -0.3 is 79.1 Å². The molecular weight excluding hydrogens is 728 g/mol. The molecule has 2 saturated heterocycles. The molecule has 0 aliphatic carbocycles. The predicted molar refractivity (Wildman–Crippen MR) is 189 cm³/mol. The fourth-order valence-electron chi connectivity index (χ4n) is 6.30. The van der Waals surface area contributed by atoms with Crippen molar-refractivity contribution in [3.8, 4) is 34.5 Å². The molecule has 6 rings (SSSR count). The van der Waals surface area contributed by atoms with Gasteiger partial charge in [-0.15, -0.1) is 0 Å². The van der Waals surface area contributed by atoms with Crippen LogP contribution in [-0.4, -0.2) is 132 Å². The van der Waals surface area contributed by atoms with Gasteiger partial charge in [-0.1, -0.05) is 19.1 Å². The third-order valence-corrected chi connectivity index (χ3v) is 9.50. The number of rotatable bonds is 11. The number of esters is 1. The summed E-state index contributed by atoms with van der Waals surface area (Å²) < 4.78 is 39.2. The van der Waals surface area contributed by atoms with Gasteiger partial charge >= 0.3 is 5.97 Å². The van der Waals surface area contributed by atoms with Crippen LogP contribution in [0.5, 0.6) is 34.5 Å². The van der Waals surface area contributed by atoms with Gasteiger partial charge in [0, 0.05) is 24.1 Å². The molecule has 3 aromatic rings. The number of aromatic hydroxyl groups is 4. The number of carbonyl (C=O) groups excluding carboxylic acids is 1. The fourth-order valence-corrected chi connectivity index (χ4v) is 6.30. The third kappa shape index (κ3) is 8.59. The molecule has 11 unspecified atom stereocenters. The zero-order valence-corrected chi connectivity index (χ0v) is 29.5. The molecule has 17 nitrogen and oxygen atoms in total. The second kappa shape index (κ2) is 16.7. The van der Waals surface area contributed by atoms with Gasteiger partial charge in [0.15, 0.2) is 17.3 Å². The van der Waals surface area contributed by atoms with Crippen LogP contribution in [0, 0.1) is 5.92 Å². The van der Waals surface area contributed by atoms with E-state index in [2.05, 4.69) is 0 Å². The van der Waals surface area contributed by atoms with Crippen LogP contribution in [0.2, 0.25) is 0 Å². The highest BCUT2D eigenvalue weighted by molar-refractivity contribution is 5.87. The normalized spacial score (nSPS) is 30.5. The summed E-state index contributed by atoms with van der Waals surface area (Å²) in [5.41, 5.74) is 1.23. The summed E-state index contributed by atoms with van der Waals surface area (Å²) in [6, 6.07) is 13.0. The third-order valence-electron chi connectivity index (χ3n) is 9.50. The molecule has 3 aliphatic rings. The number of methoxy groups -OCH3 is 1. The van der Waals surface area contributed by atoms with Crippen molar-refractivity contribution in [2.24, 2.45) is 5.92 Å². The zero-order valence-electron chi connectivity index (χ0n) is 29.5. The van der Waals surface area contributed by atoms with Crippen LogP contribution in [0.4, 0.5) is 0 Å². The number of ether oxygens (including phenoxy) is 7. The topological polar surface area (TPSA) is 267 Å². The van der Waals surface area contributed by atoms with Crippen molar-refractivity contribution in [2.75, 3.05) is 20.3 Å². The highest BCUT2D eigenvalue weighted by Crippen LogP contribution is 2.47. The van der Waals surface area contributed by atoms with Crippen LogP contribution in [0.3, 0.4) is 0 Å². The number of fused-ring (bicyclic) bond motifs is 1. The molecule has 296 valence electrons. The molecule has 0 spiro atoms. The van der Waals surface area contributed by atoms with Crippen LogP contribution in [0.1, 0.15) is 29.7 Å². The zero-order chi connectivity index (χ0) is 39.6. The van der Waals surface area contributed by atoms with Gasteiger partial charge in [0.2, 0.25) is 12.6 Å². The number of carbonyl (C=O) groups is 1. The summed E-state index contributed by atoms with van der Waals surface area (Å²) in [4.78, 5) is 12.5. The first-order valence-electron chi connectivity index (χ1n) is 17.2. The van der Waals surface area contributed by atoms with Crippen molar-refractivity contribution in [2.45, 2.75) is 68.3 Å². The first-order valence-corrected chi connectivity index (χ1v) is 17.2. The van der Waals surface area contributed by atoms with E-state index in [1.807, 2.05) is 0 Å². The Morgan fingerprint density at radius 2 is 1.51 bits per heavy atom. The monoisotopic (exact) mass is 771 g/mol. The highest BCUT2D eigenvalue weighted by Gasteiger charge is 2.48. The molecule has 3 heterocycles. The molecule has 0 aromatic heterocycles. The number of hydrogen-bond donors (Lipinski definition) is 9. The van der Waals surface area contributed by atoms with Gasteiger partial charge in [0.25, 0.3) is 11.9 Å². The van der Waals surface area contributed by atoms with Crippen molar-refractivity contribution in [1.82, 2.24) is 0 Å². The molecule has 0 saturated carbocycles. The van der Waals surface area contributed by atoms with Crippen LogP contribution in [0.15, 0.2) is 66.4 Å². The minimum Gasteiger partial charge on any atom is -0.571 e. The Labute approximate surface area is 314 Å². The number of phenolic OH excluding ortho intramolecular Hbond substituents is 3. The summed E-state index contributed by atoms with van der Waals surface area (Å²) in [5, 5.41) is 93.7. The Kier molecular flexibility index (Phi) is 12.0. The maximum Gasteiger partial charge on any atom is 0.330 e. The van der Waals surface area contributed by atoms with E-state index in [0.717, 1.165) is 6.08 Å². The van der Waals surface area contributed by atoms with Crippen molar-refractivity contribution < 1.29 is 83.9 Å². The van der Waals surface area contributed by atoms with Crippen molar-refractivity contribution in [3.63, 3.8) is 0 Å². The Morgan fingerprint density at radius 3 is 2.22 bits per heavy atom. The molecule has 17 heteroatoms. The van der Waals surface area contributed by atoms with E-state index in [1.54, 1.807) is 19.1 Å². The number of phenols is 3. The fraction of sp³-hybridized carbons (Fsp3) is 0.395. The lowest BCUT2D eigenvalue weighted by Crippen LogP contribution is -2.59.